The topological polar surface area (TPSA) is 93.2 Å². The highest BCUT2D eigenvalue weighted by Gasteiger charge is 2.11. The second kappa shape index (κ2) is 8.77. The van der Waals surface area contributed by atoms with Crippen molar-refractivity contribution in [2.24, 2.45) is 0 Å². The van der Waals surface area contributed by atoms with Gasteiger partial charge < -0.3 is 15.4 Å². The summed E-state index contributed by atoms with van der Waals surface area (Å²) < 4.78 is 4.94. The molecule has 0 fully saturated rings. The Hall–Kier alpha value is -2.96. The Morgan fingerprint density at radius 3 is 2.52 bits per heavy atom. The number of amides is 1. The molecule has 0 aliphatic rings. The average Bonchev–Trinajstić information content (AvgIpc) is 2.62. The SMILES string of the molecule is CCOC(=O)c1ccc(Nc2nccc(C(=O)NC(C)CC)n2)cc1. The van der Waals surface area contributed by atoms with Crippen LogP contribution in [-0.4, -0.2) is 34.5 Å². The number of esters is 1. The molecule has 1 aromatic heterocycles. The van der Waals surface area contributed by atoms with Crippen LogP contribution in [0.25, 0.3) is 0 Å². The molecule has 2 rings (SSSR count). The monoisotopic (exact) mass is 342 g/mol. The zero-order valence-corrected chi connectivity index (χ0v) is 14.6. The van der Waals surface area contributed by atoms with Gasteiger partial charge in [-0.2, -0.15) is 0 Å². The smallest absolute Gasteiger partial charge is 0.338 e. The molecule has 25 heavy (non-hydrogen) atoms. The van der Waals surface area contributed by atoms with Crippen LogP contribution in [0.2, 0.25) is 0 Å². The van der Waals surface area contributed by atoms with E-state index in [1.807, 2.05) is 13.8 Å². The molecule has 7 nitrogen and oxygen atoms in total. The molecule has 0 bridgehead atoms. The number of nitrogens with one attached hydrogen (secondary N) is 2. The number of carbonyl (C=O) groups is 2. The molecule has 1 aromatic carbocycles. The fourth-order valence-corrected chi connectivity index (χ4v) is 1.98. The number of hydrogen-bond acceptors (Lipinski definition) is 6. The van der Waals surface area contributed by atoms with Crippen molar-refractivity contribution in [3.63, 3.8) is 0 Å². The number of anilines is 2. The summed E-state index contributed by atoms with van der Waals surface area (Å²) in [7, 11) is 0. The summed E-state index contributed by atoms with van der Waals surface area (Å²) in [6.45, 7) is 6.02. The standard InChI is InChI=1S/C18H22N4O3/c1-4-12(3)20-16(23)15-10-11-19-18(22-15)21-14-8-6-13(7-9-14)17(24)25-5-2/h6-12H,4-5H2,1-3H3,(H,20,23)(H,19,21,22). The van der Waals surface area contributed by atoms with Crippen LogP contribution in [0.5, 0.6) is 0 Å². The molecule has 0 radical (unpaired) electrons. The third kappa shape index (κ3) is 5.27. The zero-order chi connectivity index (χ0) is 18.2. The summed E-state index contributed by atoms with van der Waals surface area (Å²) in [5.74, 6) is -0.299. The highest BCUT2D eigenvalue weighted by molar-refractivity contribution is 5.92. The molecule has 2 aromatic rings. The summed E-state index contributed by atoms with van der Waals surface area (Å²) in [6, 6.07) is 8.39. The predicted molar refractivity (Wildman–Crippen MR) is 94.9 cm³/mol. The third-order valence-electron chi connectivity index (χ3n) is 3.53. The van der Waals surface area contributed by atoms with Crippen molar-refractivity contribution in [2.45, 2.75) is 33.2 Å². The molecule has 2 N–H and O–H groups in total. The maximum absolute atomic E-state index is 12.1. The Bertz CT molecular complexity index is 731. The Labute approximate surface area is 146 Å². The number of benzene rings is 1. The lowest BCUT2D eigenvalue weighted by molar-refractivity contribution is 0.0526. The van der Waals surface area contributed by atoms with E-state index in [-0.39, 0.29) is 17.9 Å². The lowest BCUT2D eigenvalue weighted by Gasteiger charge is -2.11. The second-order valence-corrected chi connectivity index (χ2v) is 5.47. The minimum absolute atomic E-state index is 0.0781. The van der Waals surface area contributed by atoms with Gasteiger partial charge in [-0.25, -0.2) is 14.8 Å². The average molecular weight is 342 g/mol. The summed E-state index contributed by atoms with van der Waals surface area (Å²) in [5, 5.41) is 5.87. The number of aromatic nitrogens is 2. The van der Waals surface area contributed by atoms with Crippen LogP contribution >= 0.6 is 0 Å². The first-order chi connectivity index (χ1) is 12.0. The summed E-state index contributed by atoms with van der Waals surface area (Å²) in [5.41, 5.74) is 1.46. The molecular weight excluding hydrogens is 320 g/mol. The van der Waals surface area contributed by atoms with Crippen LogP contribution in [0.15, 0.2) is 36.5 Å². The van der Waals surface area contributed by atoms with Crippen molar-refractivity contribution in [3.8, 4) is 0 Å². The van der Waals surface area contributed by atoms with E-state index < -0.39 is 0 Å². The fourth-order valence-electron chi connectivity index (χ4n) is 1.98. The van der Waals surface area contributed by atoms with E-state index in [1.165, 1.54) is 6.20 Å². The quantitative estimate of drug-likeness (QED) is 0.752. The molecule has 1 unspecified atom stereocenters. The summed E-state index contributed by atoms with van der Waals surface area (Å²) in [4.78, 5) is 32.1. The fraction of sp³-hybridized carbons (Fsp3) is 0.333. The maximum Gasteiger partial charge on any atom is 0.338 e. The molecule has 0 aliphatic heterocycles. The van der Waals surface area contributed by atoms with E-state index >= 15 is 0 Å². The van der Waals surface area contributed by atoms with Gasteiger partial charge in [0.15, 0.2) is 0 Å². The Balaban J connectivity index is 2.06. The first-order valence-electron chi connectivity index (χ1n) is 8.21. The van der Waals surface area contributed by atoms with Gasteiger partial charge in [0.05, 0.1) is 12.2 Å². The Morgan fingerprint density at radius 2 is 1.88 bits per heavy atom. The molecule has 0 aliphatic carbocycles. The number of nitrogens with zero attached hydrogens (tertiary/aromatic N) is 2. The largest absolute Gasteiger partial charge is 0.462 e. The molecule has 132 valence electrons. The molecule has 1 amide bonds. The lowest BCUT2D eigenvalue weighted by Crippen LogP contribution is -2.32. The third-order valence-corrected chi connectivity index (χ3v) is 3.53. The van der Waals surface area contributed by atoms with Gasteiger partial charge in [-0.1, -0.05) is 6.92 Å². The second-order valence-electron chi connectivity index (χ2n) is 5.47. The van der Waals surface area contributed by atoms with Crippen molar-refractivity contribution < 1.29 is 14.3 Å². The van der Waals surface area contributed by atoms with E-state index in [4.69, 9.17) is 4.74 Å². The van der Waals surface area contributed by atoms with Crippen LogP contribution in [0.4, 0.5) is 11.6 Å². The van der Waals surface area contributed by atoms with Crippen LogP contribution in [0.3, 0.4) is 0 Å². The van der Waals surface area contributed by atoms with Crippen LogP contribution in [-0.2, 0) is 4.74 Å². The normalized spacial score (nSPS) is 11.5. The van der Waals surface area contributed by atoms with E-state index in [0.717, 1.165) is 6.42 Å². The van der Waals surface area contributed by atoms with Gasteiger partial charge in [-0.3, -0.25) is 4.79 Å². The van der Waals surface area contributed by atoms with Crippen LogP contribution in [0.1, 0.15) is 48.0 Å². The Kier molecular flexibility index (Phi) is 6.45. The van der Waals surface area contributed by atoms with E-state index in [9.17, 15) is 9.59 Å². The van der Waals surface area contributed by atoms with Gasteiger partial charge in [-0.05, 0) is 50.6 Å². The lowest BCUT2D eigenvalue weighted by atomic mass is 10.2. The minimum Gasteiger partial charge on any atom is -0.462 e. The van der Waals surface area contributed by atoms with Crippen molar-refractivity contribution in [3.05, 3.63) is 47.8 Å². The Morgan fingerprint density at radius 1 is 1.16 bits per heavy atom. The van der Waals surface area contributed by atoms with Gasteiger partial charge in [-0.15, -0.1) is 0 Å². The number of ether oxygens (including phenoxy) is 1. The number of carbonyl (C=O) groups excluding carboxylic acids is 2. The molecule has 0 spiro atoms. The van der Waals surface area contributed by atoms with Gasteiger partial charge in [0, 0.05) is 17.9 Å². The highest BCUT2D eigenvalue weighted by Crippen LogP contribution is 2.14. The first kappa shape index (κ1) is 18.4. The number of hydrogen-bond donors (Lipinski definition) is 2. The van der Waals surface area contributed by atoms with E-state index in [0.29, 0.717) is 29.5 Å². The molecule has 7 heteroatoms. The van der Waals surface area contributed by atoms with Gasteiger partial charge >= 0.3 is 5.97 Å². The van der Waals surface area contributed by atoms with Crippen molar-refractivity contribution in [2.75, 3.05) is 11.9 Å². The molecular formula is C18H22N4O3. The van der Waals surface area contributed by atoms with Crippen molar-refractivity contribution in [1.29, 1.82) is 0 Å². The van der Waals surface area contributed by atoms with Crippen LogP contribution < -0.4 is 10.6 Å². The van der Waals surface area contributed by atoms with Gasteiger partial charge in [0.1, 0.15) is 5.69 Å². The first-order valence-corrected chi connectivity index (χ1v) is 8.21. The predicted octanol–water partition coefficient (Wildman–Crippen LogP) is 2.93. The number of rotatable bonds is 7. The van der Waals surface area contributed by atoms with Crippen molar-refractivity contribution in [1.82, 2.24) is 15.3 Å². The summed E-state index contributed by atoms with van der Waals surface area (Å²) >= 11 is 0. The van der Waals surface area contributed by atoms with Gasteiger partial charge in [0.2, 0.25) is 5.95 Å². The highest BCUT2D eigenvalue weighted by atomic mass is 16.5. The molecule has 1 atom stereocenters. The van der Waals surface area contributed by atoms with E-state index in [1.54, 1.807) is 37.3 Å². The zero-order valence-electron chi connectivity index (χ0n) is 14.6. The minimum atomic E-state index is -0.367. The van der Waals surface area contributed by atoms with Gasteiger partial charge in [0.25, 0.3) is 5.91 Å². The van der Waals surface area contributed by atoms with Crippen LogP contribution in [0, 0.1) is 0 Å². The maximum atomic E-state index is 12.1. The van der Waals surface area contributed by atoms with Crippen molar-refractivity contribution >= 4 is 23.5 Å². The molecule has 0 saturated carbocycles. The van der Waals surface area contributed by atoms with E-state index in [2.05, 4.69) is 20.6 Å². The summed E-state index contributed by atoms with van der Waals surface area (Å²) in [6.07, 6.45) is 2.36. The molecule has 1 heterocycles. The molecule has 0 saturated heterocycles.